The summed E-state index contributed by atoms with van der Waals surface area (Å²) >= 11 is 0. The Morgan fingerprint density at radius 3 is 2.47 bits per heavy atom. The summed E-state index contributed by atoms with van der Waals surface area (Å²) in [6, 6.07) is 7.94. The van der Waals surface area contributed by atoms with Crippen molar-refractivity contribution >= 4 is 11.0 Å². The summed E-state index contributed by atoms with van der Waals surface area (Å²) in [5, 5.41) is 10.3. The molecule has 3 heteroatoms. The first kappa shape index (κ1) is 12.1. The highest BCUT2D eigenvalue weighted by Crippen LogP contribution is 2.30. The number of hydrogen-bond acceptors (Lipinski definition) is 2. The topological polar surface area (TPSA) is 48.9 Å². The van der Waals surface area contributed by atoms with Gasteiger partial charge in [0.2, 0.25) is 0 Å². The van der Waals surface area contributed by atoms with Gasteiger partial charge in [-0.1, -0.05) is 39.8 Å². The number of imidazole rings is 1. The van der Waals surface area contributed by atoms with Crippen LogP contribution in [0.15, 0.2) is 24.3 Å². The van der Waals surface area contributed by atoms with Crippen LogP contribution in [0.2, 0.25) is 0 Å². The third-order valence-corrected chi connectivity index (χ3v) is 3.37. The largest absolute Gasteiger partial charge is 0.392 e. The van der Waals surface area contributed by atoms with E-state index in [1.54, 1.807) is 0 Å². The second-order valence-corrected chi connectivity index (χ2v) is 5.51. The molecule has 0 fully saturated rings. The Balaban J connectivity index is 2.45. The van der Waals surface area contributed by atoms with Gasteiger partial charge in [0.15, 0.2) is 0 Å². The second kappa shape index (κ2) is 4.15. The molecule has 1 atom stereocenters. The van der Waals surface area contributed by atoms with Crippen LogP contribution in [-0.2, 0) is 5.41 Å². The monoisotopic (exact) mass is 232 g/mol. The summed E-state index contributed by atoms with van der Waals surface area (Å²) < 4.78 is 0. The van der Waals surface area contributed by atoms with E-state index in [2.05, 4.69) is 9.97 Å². The molecule has 1 unspecified atom stereocenters. The molecular formula is C14H20N2O. The minimum atomic E-state index is -0.414. The fourth-order valence-corrected chi connectivity index (χ4v) is 2.23. The summed E-state index contributed by atoms with van der Waals surface area (Å²) in [7, 11) is 0. The molecule has 1 heterocycles. The van der Waals surface area contributed by atoms with E-state index < -0.39 is 6.10 Å². The normalized spacial score (nSPS) is 14.5. The molecule has 2 rings (SSSR count). The molecule has 3 nitrogen and oxygen atoms in total. The molecule has 1 aromatic carbocycles. The molecule has 1 aromatic heterocycles. The molecule has 0 saturated carbocycles. The number of benzene rings is 1. The van der Waals surface area contributed by atoms with Crippen LogP contribution < -0.4 is 0 Å². The molecule has 0 amide bonds. The zero-order valence-electron chi connectivity index (χ0n) is 10.9. The third kappa shape index (κ3) is 2.07. The quantitative estimate of drug-likeness (QED) is 0.855. The fraction of sp³-hybridized carbons (Fsp3) is 0.500. The van der Waals surface area contributed by atoms with Crippen molar-refractivity contribution in [1.82, 2.24) is 9.97 Å². The van der Waals surface area contributed by atoms with Crippen LogP contribution in [0.5, 0.6) is 0 Å². The first-order valence-corrected chi connectivity index (χ1v) is 6.06. The Morgan fingerprint density at radius 1 is 1.24 bits per heavy atom. The number of H-pyrrole nitrogens is 1. The predicted octanol–water partition coefficient (Wildman–Crippen LogP) is 2.86. The van der Waals surface area contributed by atoms with Gasteiger partial charge in [-0.15, -0.1) is 0 Å². The maximum atomic E-state index is 10.3. The van der Waals surface area contributed by atoms with Crippen molar-refractivity contribution in [3.8, 4) is 0 Å². The Kier molecular flexibility index (Phi) is 2.96. The maximum Gasteiger partial charge on any atom is 0.115 e. The lowest BCUT2D eigenvalue weighted by atomic mass is 9.80. The summed E-state index contributed by atoms with van der Waals surface area (Å²) in [5.74, 6) is 1.05. The average molecular weight is 232 g/mol. The molecule has 0 saturated heterocycles. The molecule has 17 heavy (non-hydrogen) atoms. The predicted molar refractivity (Wildman–Crippen MR) is 70.0 cm³/mol. The number of aliphatic hydroxyl groups is 1. The van der Waals surface area contributed by atoms with Crippen LogP contribution in [0.1, 0.15) is 33.5 Å². The van der Waals surface area contributed by atoms with Gasteiger partial charge in [0, 0.05) is 5.41 Å². The number of aromatic nitrogens is 2. The molecule has 0 spiro atoms. The van der Waals surface area contributed by atoms with E-state index in [1.165, 1.54) is 0 Å². The van der Waals surface area contributed by atoms with Gasteiger partial charge in [-0.05, 0) is 18.1 Å². The number of nitrogens with one attached hydrogen (secondary N) is 1. The van der Waals surface area contributed by atoms with Crippen molar-refractivity contribution in [3.63, 3.8) is 0 Å². The lowest BCUT2D eigenvalue weighted by Crippen LogP contribution is -2.38. The number of fused-ring (bicyclic) bond motifs is 1. The Bertz CT molecular complexity index is 481. The van der Waals surface area contributed by atoms with Gasteiger partial charge in [0.25, 0.3) is 0 Å². The van der Waals surface area contributed by atoms with Gasteiger partial charge in [0.05, 0.1) is 17.1 Å². The van der Waals surface area contributed by atoms with Gasteiger partial charge in [-0.3, -0.25) is 0 Å². The number of rotatable bonds is 3. The Morgan fingerprint density at radius 2 is 1.88 bits per heavy atom. The Hall–Kier alpha value is -1.35. The summed E-state index contributed by atoms with van der Waals surface area (Å²) in [4.78, 5) is 7.87. The van der Waals surface area contributed by atoms with Crippen molar-refractivity contribution in [2.75, 3.05) is 0 Å². The van der Waals surface area contributed by atoms with Gasteiger partial charge >= 0.3 is 0 Å². The van der Waals surface area contributed by atoms with Gasteiger partial charge < -0.3 is 10.1 Å². The van der Waals surface area contributed by atoms with Crippen molar-refractivity contribution in [2.45, 2.75) is 39.2 Å². The molecule has 0 aliphatic rings. The van der Waals surface area contributed by atoms with E-state index >= 15 is 0 Å². The fourth-order valence-electron chi connectivity index (χ4n) is 2.23. The van der Waals surface area contributed by atoms with E-state index in [1.807, 2.05) is 52.0 Å². The van der Waals surface area contributed by atoms with Crippen molar-refractivity contribution < 1.29 is 5.11 Å². The van der Waals surface area contributed by atoms with Crippen molar-refractivity contribution in [1.29, 1.82) is 0 Å². The summed E-state index contributed by atoms with van der Waals surface area (Å²) in [5.41, 5.74) is 1.60. The third-order valence-electron chi connectivity index (χ3n) is 3.37. The molecule has 0 bridgehead atoms. The summed E-state index contributed by atoms with van der Waals surface area (Å²) in [6.45, 7) is 8.09. The molecular weight excluding hydrogens is 212 g/mol. The molecule has 2 aromatic rings. The minimum absolute atomic E-state index is 0.207. The first-order valence-electron chi connectivity index (χ1n) is 6.06. The first-order chi connectivity index (χ1) is 7.93. The van der Waals surface area contributed by atoms with E-state index in [0.717, 1.165) is 16.9 Å². The zero-order chi connectivity index (χ0) is 12.6. The maximum absolute atomic E-state index is 10.3. The number of aliphatic hydroxyl groups excluding tert-OH is 1. The average Bonchev–Trinajstić information content (AvgIpc) is 2.71. The number of para-hydroxylation sites is 2. The zero-order valence-corrected chi connectivity index (χ0v) is 10.9. The molecule has 2 N–H and O–H groups in total. The Labute approximate surface area is 102 Å². The lowest BCUT2D eigenvalue weighted by Gasteiger charge is -2.31. The van der Waals surface area contributed by atoms with E-state index in [9.17, 15) is 5.11 Å². The molecule has 0 aliphatic carbocycles. The standard InChI is InChI=1S/C14H20N2O/c1-9(2)12(17)14(3,4)13-15-10-7-5-6-8-11(10)16-13/h5-9,12,17H,1-4H3,(H,15,16). The van der Waals surface area contributed by atoms with Crippen LogP contribution in [0.4, 0.5) is 0 Å². The van der Waals surface area contributed by atoms with Crippen LogP contribution in [-0.4, -0.2) is 21.2 Å². The van der Waals surface area contributed by atoms with Gasteiger partial charge in [0.1, 0.15) is 5.82 Å². The van der Waals surface area contributed by atoms with Crippen LogP contribution in [0.3, 0.4) is 0 Å². The second-order valence-electron chi connectivity index (χ2n) is 5.51. The van der Waals surface area contributed by atoms with Gasteiger partial charge in [-0.25, -0.2) is 4.98 Å². The molecule has 0 radical (unpaired) electrons. The lowest BCUT2D eigenvalue weighted by molar-refractivity contribution is 0.0538. The molecule has 92 valence electrons. The highest BCUT2D eigenvalue weighted by Gasteiger charge is 2.34. The number of nitrogens with zero attached hydrogens (tertiary/aromatic N) is 1. The smallest absolute Gasteiger partial charge is 0.115 e. The van der Waals surface area contributed by atoms with E-state index in [-0.39, 0.29) is 11.3 Å². The minimum Gasteiger partial charge on any atom is -0.392 e. The number of aromatic amines is 1. The SMILES string of the molecule is CC(C)C(O)C(C)(C)c1nc2ccccc2[nH]1. The van der Waals surface area contributed by atoms with E-state index in [0.29, 0.717) is 0 Å². The van der Waals surface area contributed by atoms with Crippen molar-refractivity contribution in [2.24, 2.45) is 5.92 Å². The highest BCUT2D eigenvalue weighted by atomic mass is 16.3. The highest BCUT2D eigenvalue weighted by molar-refractivity contribution is 5.75. The van der Waals surface area contributed by atoms with E-state index in [4.69, 9.17) is 0 Å². The van der Waals surface area contributed by atoms with Crippen LogP contribution in [0.25, 0.3) is 11.0 Å². The van der Waals surface area contributed by atoms with Crippen molar-refractivity contribution in [3.05, 3.63) is 30.1 Å². The van der Waals surface area contributed by atoms with Crippen LogP contribution >= 0.6 is 0 Å². The molecule has 0 aliphatic heterocycles. The van der Waals surface area contributed by atoms with Crippen LogP contribution in [0, 0.1) is 5.92 Å². The number of hydrogen-bond donors (Lipinski definition) is 2. The summed E-state index contributed by atoms with van der Waals surface area (Å²) in [6.07, 6.45) is -0.414. The van der Waals surface area contributed by atoms with Gasteiger partial charge in [-0.2, -0.15) is 0 Å².